The van der Waals surface area contributed by atoms with E-state index in [-0.39, 0.29) is 16.6 Å². The summed E-state index contributed by atoms with van der Waals surface area (Å²) in [6.07, 6.45) is 9.98. The number of rotatable bonds is 2. The second-order valence-corrected chi connectivity index (χ2v) is 17.9. The SMILES string of the molecule is CC(C)(C)[Si](C)(C)OC1(O)CC[C@H]2[C@@H]3CC(O)C4CCCC[C@]4(C)[C@@H]3CC[C@@]21C. The van der Waals surface area contributed by atoms with E-state index in [2.05, 4.69) is 47.7 Å². The van der Waals surface area contributed by atoms with E-state index in [1.165, 1.54) is 32.1 Å². The van der Waals surface area contributed by atoms with Gasteiger partial charge in [-0.1, -0.05) is 47.5 Å². The number of aliphatic hydroxyl groups is 2. The minimum atomic E-state index is -2.06. The molecular weight excluding hydrogens is 376 g/mol. The van der Waals surface area contributed by atoms with Gasteiger partial charge in [-0.2, -0.15) is 0 Å². The third-order valence-corrected chi connectivity index (χ3v) is 15.4. The second kappa shape index (κ2) is 6.80. The van der Waals surface area contributed by atoms with Crippen molar-refractivity contribution in [1.82, 2.24) is 0 Å². The molecule has 4 rings (SSSR count). The minimum absolute atomic E-state index is 0.0954. The van der Waals surface area contributed by atoms with Crippen molar-refractivity contribution in [3.8, 4) is 0 Å². The van der Waals surface area contributed by atoms with Gasteiger partial charge in [0.1, 0.15) is 0 Å². The van der Waals surface area contributed by atoms with Crippen LogP contribution in [0.1, 0.15) is 92.4 Å². The first-order valence-electron chi connectivity index (χ1n) is 12.4. The molecule has 4 heteroatoms. The molecule has 168 valence electrons. The van der Waals surface area contributed by atoms with Crippen LogP contribution in [0.25, 0.3) is 0 Å². The van der Waals surface area contributed by atoms with Gasteiger partial charge in [0.05, 0.1) is 6.10 Å². The van der Waals surface area contributed by atoms with Crippen molar-refractivity contribution < 1.29 is 14.6 Å². The zero-order valence-electron chi connectivity index (χ0n) is 20.1. The Morgan fingerprint density at radius 1 is 0.897 bits per heavy atom. The van der Waals surface area contributed by atoms with E-state index in [1.807, 2.05) is 0 Å². The number of fused-ring (bicyclic) bond motifs is 5. The quantitative estimate of drug-likeness (QED) is 0.417. The van der Waals surface area contributed by atoms with Crippen LogP contribution in [0.2, 0.25) is 18.1 Å². The van der Waals surface area contributed by atoms with Gasteiger partial charge in [0.2, 0.25) is 0 Å². The van der Waals surface area contributed by atoms with Crippen LogP contribution in [0, 0.1) is 34.5 Å². The van der Waals surface area contributed by atoms with Crippen molar-refractivity contribution in [2.75, 3.05) is 0 Å². The molecule has 3 nitrogen and oxygen atoms in total. The van der Waals surface area contributed by atoms with Gasteiger partial charge in [0.25, 0.3) is 0 Å². The summed E-state index contributed by atoms with van der Waals surface area (Å²) in [4.78, 5) is 0. The molecule has 0 aromatic rings. The van der Waals surface area contributed by atoms with Crippen LogP contribution in [-0.2, 0) is 4.43 Å². The summed E-state index contributed by atoms with van der Waals surface area (Å²) >= 11 is 0. The third-order valence-electron chi connectivity index (χ3n) is 10.9. The molecule has 0 aromatic carbocycles. The molecule has 4 saturated carbocycles. The van der Waals surface area contributed by atoms with E-state index >= 15 is 0 Å². The van der Waals surface area contributed by atoms with Crippen molar-refractivity contribution in [1.29, 1.82) is 0 Å². The van der Waals surface area contributed by atoms with Gasteiger partial charge in [0, 0.05) is 11.8 Å². The standard InChI is InChI=1S/C25H46O3Si/c1-22(2,3)29(6,7)28-25(27)15-12-19-17-16-21(26)20-10-8-9-13-23(20,4)18(17)11-14-24(19,25)5/h17-21,26-27H,8-16H2,1-7H3/t17-,18-,19+,20?,21?,23-,24+,25?/m1/s1. The van der Waals surface area contributed by atoms with Crippen LogP contribution in [0.15, 0.2) is 0 Å². The smallest absolute Gasteiger partial charge is 0.195 e. The van der Waals surface area contributed by atoms with Crippen LogP contribution in [0.3, 0.4) is 0 Å². The van der Waals surface area contributed by atoms with Gasteiger partial charge in [0.15, 0.2) is 14.1 Å². The molecule has 4 aliphatic carbocycles. The number of hydrogen-bond acceptors (Lipinski definition) is 3. The summed E-state index contributed by atoms with van der Waals surface area (Å²) in [7, 11) is -2.06. The van der Waals surface area contributed by atoms with Gasteiger partial charge >= 0.3 is 0 Å². The molecule has 0 bridgehead atoms. The first-order valence-corrected chi connectivity index (χ1v) is 15.3. The highest BCUT2D eigenvalue weighted by Gasteiger charge is 2.67. The Morgan fingerprint density at radius 2 is 1.55 bits per heavy atom. The lowest BCUT2D eigenvalue weighted by atomic mass is 9.44. The molecule has 0 amide bonds. The topological polar surface area (TPSA) is 49.7 Å². The Bertz CT molecular complexity index is 642. The van der Waals surface area contributed by atoms with E-state index in [4.69, 9.17) is 4.43 Å². The van der Waals surface area contributed by atoms with Gasteiger partial charge in [-0.25, -0.2) is 0 Å². The fourth-order valence-corrected chi connectivity index (χ4v) is 9.56. The normalized spacial score (nSPS) is 50.6. The molecule has 0 aromatic heterocycles. The van der Waals surface area contributed by atoms with E-state index in [0.29, 0.717) is 29.1 Å². The fraction of sp³-hybridized carbons (Fsp3) is 1.00. The van der Waals surface area contributed by atoms with E-state index in [0.717, 1.165) is 25.7 Å². The molecule has 29 heavy (non-hydrogen) atoms. The largest absolute Gasteiger partial charge is 0.393 e. The van der Waals surface area contributed by atoms with Crippen molar-refractivity contribution in [3.63, 3.8) is 0 Å². The molecule has 0 aliphatic heterocycles. The molecule has 8 atom stereocenters. The summed E-state index contributed by atoms with van der Waals surface area (Å²) in [5.41, 5.74) is 0.115. The Balaban J connectivity index is 1.63. The first-order chi connectivity index (χ1) is 13.3. The van der Waals surface area contributed by atoms with Crippen LogP contribution < -0.4 is 0 Å². The van der Waals surface area contributed by atoms with Gasteiger partial charge in [-0.15, -0.1) is 0 Å². The molecule has 0 saturated heterocycles. The van der Waals surface area contributed by atoms with Crippen LogP contribution in [-0.4, -0.2) is 30.4 Å². The minimum Gasteiger partial charge on any atom is -0.393 e. The molecule has 2 N–H and O–H groups in total. The number of hydrogen-bond donors (Lipinski definition) is 2. The Hall–Kier alpha value is 0.0969. The summed E-state index contributed by atoms with van der Waals surface area (Å²) < 4.78 is 6.79. The highest BCUT2D eigenvalue weighted by atomic mass is 28.4. The molecule has 0 spiro atoms. The zero-order chi connectivity index (χ0) is 21.5. The maximum atomic E-state index is 11.9. The first kappa shape index (κ1) is 22.3. The van der Waals surface area contributed by atoms with E-state index in [9.17, 15) is 10.2 Å². The molecule has 0 heterocycles. The molecule has 4 aliphatic rings. The monoisotopic (exact) mass is 422 g/mol. The molecular formula is C25H46O3Si. The highest BCUT2D eigenvalue weighted by Crippen LogP contribution is 2.69. The summed E-state index contributed by atoms with van der Waals surface area (Å²) in [5, 5.41) is 23.2. The lowest BCUT2D eigenvalue weighted by Crippen LogP contribution is -2.61. The maximum Gasteiger partial charge on any atom is 0.195 e. The van der Waals surface area contributed by atoms with Crippen molar-refractivity contribution in [2.45, 2.75) is 122 Å². The highest BCUT2D eigenvalue weighted by molar-refractivity contribution is 6.74. The molecule has 0 radical (unpaired) electrons. The van der Waals surface area contributed by atoms with Crippen molar-refractivity contribution in [3.05, 3.63) is 0 Å². The Morgan fingerprint density at radius 3 is 2.21 bits per heavy atom. The zero-order valence-corrected chi connectivity index (χ0v) is 21.1. The summed E-state index contributed by atoms with van der Waals surface area (Å²) in [6.45, 7) is 16.1. The number of aliphatic hydroxyl groups excluding tert-OH is 1. The average Bonchev–Trinajstić information content (AvgIpc) is 2.84. The van der Waals surface area contributed by atoms with Crippen LogP contribution >= 0.6 is 0 Å². The fourth-order valence-electron chi connectivity index (χ4n) is 8.07. The lowest BCUT2D eigenvalue weighted by Gasteiger charge is -2.62. The van der Waals surface area contributed by atoms with Crippen LogP contribution in [0.4, 0.5) is 0 Å². The molecule has 3 unspecified atom stereocenters. The Labute approximate surface area is 180 Å². The maximum absolute atomic E-state index is 11.9. The van der Waals surface area contributed by atoms with Crippen molar-refractivity contribution in [2.24, 2.45) is 34.5 Å². The van der Waals surface area contributed by atoms with E-state index in [1.54, 1.807) is 0 Å². The second-order valence-electron chi connectivity index (χ2n) is 13.2. The summed E-state index contributed by atoms with van der Waals surface area (Å²) in [5.74, 6) is 1.22. The summed E-state index contributed by atoms with van der Waals surface area (Å²) in [6, 6.07) is 0. The van der Waals surface area contributed by atoms with Gasteiger partial charge in [-0.05, 0) is 85.7 Å². The van der Waals surface area contributed by atoms with Crippen LogP contribution in [0.5, 0.6) is 0 Å². The predicted octanol–water partition coefficient (Wildman–Crippen LogP) is 6.10. The predicted molar refractivity (Wildman–Crippen MR) is 121 cm³/mol. The average molecular weight is 423 g/mol. The van der Waals surface area contributed by atoms with Gasteiger partial charge < -0.3 is 14.6 Å². The van der Waals surface area contributed by atoms with Gasteiger partial charge in [-0.3, -0.25) is 0 Å². The van der Waals surface area contributed by atoms with E-state index < -0.39 is 14.1 Å². The Kier molecular flexibility index (Phi) is 5.22. The molecule has 4 fully saturated rings. The van der Waals surface area contributed by atoms with Crippen molar-refractivity contribution >= 4 is 8.32 Å². The third kappa shape index (κ3) is 3.14. The lowest BCUT2D eigenvalue weighted by molar-refractivity contribution is -0.247.